The van der Waals surface area contributed by atoms with Crippen molar-refractivity contribution >= 4 is 29.9 Å². The Bertz CT molecular complexity index is 714. The van der Waals surface area contributed by atoms with Gasteiger partial charge in [0.2, 0.25) is 0 Å². The highest BCUT2D eigenvalue weighted by Crippen LogP contribution is 2.26. The van der Waals surface area contributed by atoms with Crippen molar-refractivity contribution in [2.45, 2.75) is 25.8 Å². The lowest BCUT2D eigenvalue weighted by molar-refractivity contribution is -0.123. The summed E-state index contributed by atoms with van der Waals surface area (Å²) in [5, 5.41) is 3.44. The number of ether oxygens (including phenoxy) is 1. The Morgan fingerprint density at radius 1 is 1.27 bits per heavy atom. The Labute approximate surface area is 165 Å². The van der Waals surface area contributed by atoms with Crippen molar-refractivity contribution in [2.24, 2.45) is 0 Å². The molecule has 26 heavy (non-hydrogen) atoms. The van der Waals surface area contributed by atoms with Crippen molar-refractivity contribution in [1.29, 1.82) is 0 Å². The molecular weight excluding hydrogens is 375 g/mol. The van der Waals surface area contributed by atoms with Gasteiger partial charge >= 0.3 is 0 Å². The van der Waals surface area contributed by atoms with Gasteiger partial charge in [0.1, 0.15) is 17.3 Å². The van der Waals surface area contributed by atoms with Crippen molar-refractivity contribution in [3.8, 4) is 5.75 Å². The Balaban J connectivity index is 0.00000243. The number of nitrogens with zero attached hydrogens (tertiary/aromatic N) is 1. The number of halogens is 2. The Morgan fingerprint density at radius 3 is 2.65 bits per heavy atom. The molecule has 1 aromatic heterocycles. The molecule has 1 amide bonds. The first-order valence-corrected chi connectivity index (χ1v) is 8.95. The summed E-state index contributed by atoms with van der Waals surface area (Å²) < 4.78 is 11.3. The third kappa shape index (κ3) is 5.40. The van der Waals surface area contributed by atoms with Gasteiger partial charge in [-0.25, -0.2) is 0 Å². The number of hydrogen-bond donors (Lipinski definition) is 1. The van der Waals surface area contributed by atoms with E-state index in [9.17, 15) is 4.79 Å². The van der Waals surface area contributed by atoms with Crippen LogP contribution < -0.4 is 10.1 Å². The monoisotopic (exact) mass is 398 g/mol. The Hall–Kier alpha value is -1.69. The molecule has 1 aliphatic rings. The van der Waals surface area contributed by atoms with E-state index in [1.54, 1.807) is 12.1 Å². The number of furan rings is 1. The molecule has 2 aromatic rings. The van der Waals surface area contributed by atoms with Gasteiger partial charge in [-0.05, 0) is 57.1 Å². The molecule has 2 heterocycles. The van der Waals surface area contributed by atoms with Crippen LogP contribution in [0.15, 0.2) is 40.8 Å². The topological polar surface area (TPSA) is 54.7 Å². The minimum absolute atomic E-state index is 0. The second kappa shape index (κ2) is 9.86. The lowest BCUT2D eigenvalue weighted by Crippen LogP contribution is -2.38. The van der Waals surface area contributed by atoms with E-state index >= 15 is 0 Å². The number of nitrogens with one attached hydrogen (secondary N) is 1. The zero-order valence-corrected chi connectivity index (χ0v) is 16.3. The van der Waals surface area contributed by atoms with Crippen LogP contribution in [0.25, 0.3) is 0 Å². The maximum atomic E-state index is 12.2. The minimum atomic E-state index is -0.174. The van der Waals surface area contributed by atoms with E-state index in [0.717, 1.165) is 24.6 Å². The van der Waals surface area contributed by atoms with Crippen molar-refractivity contribution in [3.63, 3.8) is 0 Å². The van der Waals surface area contributed by atoms with Gasteiger partial charge in [0.15, 0.2) is 6.61 Å². The van der Waals surface area contributed by atoms with E-state index in [1.807, 2.05) is 31.2 Å². The van der Waals surface area contributed by atoms with Crippen molar-refractivity contribution in [2.75, 3.05) is 26.2 Å². The molecule has 1 fully saturated rings. The molecule has 7 heteroatoms. The number of carbonyl (C=O) groups excluding carboxylic acids is 1. The van der Waals surface area contributed by atoms with Crippen LogP contribution >= 0.6 is 24.0 Å². The fourth-order valence-electron chi connectivity index (χ4n) is 3.06. The molecule has 1 aromatic carbocycles. The molecule has 1 aliphatic heterocycles. The molecule has 0 aliphatic carbocycles. The predicted octanol–water partition coefficient (Wildman–Crippen LogP) is 4.00. The molecule has 0 radical (unpaired) electrons. The molecule has 1 saturated heterocycles. The van der Waals surface area contributed by atoms with E-state index in [4.69, 9.17) is 20.8 Å². The van der Waals surface area contributed by atoms with Gasteiger partial charge in [-0.1, -0.05) is 23.7 Å². The number of likely N-dealkylation sites (tertiary alicyclic amines) is 1. The fourth-order valence-corrected chi connectivity index (χ4v) is 3.25. The zero-order valence-electron chi connectivity index (χ0n) is 14.7. The van der Waals surface area contributed by atoms with Crippen LogP contribution in [-0.2, 0) is 4.79 Å². The molecule has 0 spiro atoms. The molecule has 1 N–H and O–H groups in total. The van der Waals surface area contributed by atoms with E-state index in [1.165, 1.54) is 12.8 Å². The van der Waals surface area contributed by atoms with E-state index in [-0.39, 0.29) is 31.0 Å². The molecule has 3 rings (SSSR count). The maximum absolute atomic E-state index is 12.2. The zero-order chi connectivity index (χ0) is 17.6. The summed E-state index contributed by atoms with van der Waals surface area (Å²) in [6.45, 7) is 4.42. The molecule has 0 bridgehead atoms. The predicted molar refractivity (Wildman–Crippen MR) is 104 cm³/mol. The maximum Gasteiger partial charge on any atom is 0.258 e. The molecule has 1 atom stereocenters. The van der Waals surface area contributed by atoms with Gasteiger partial charge in [-0.3, -0.25) is 9.69 Å². The number of benzene rings is 1. The van der Waals surface area contributed by atoms with Crippen LogP contribution in [0.2, 0.25) is 5.02 Å². The number of carbonyl (C=O) groups is 1. The molecule has 1 unspecified atom stereocenters. The van der Waals surface area contributed by atoms with Gasteiger partial charge in [0.25, 0.3) is 5.91 Å². The van der Waals surface area contributed by atoms with Crippen molar-refractivity contribution in [1.82, 2.24) is 10.2 Å². The van der Waals surface area contributed by atoms with Gasteiger partial charge in [0.05, 0.1) is 11.1 Å². The smallest absolute Gasteiger partial charge is 0.258 e. The number of hydrogen-bond acceptors (Lipinski definition) is 4. The highest BCUT2D eigenvalue weighted by Gasteiger charge is 2.26. The first-order valence-electron chi connectivity index (χ1n) is 8.58. The van der Waals surface area contributed by atoms with E-state index < -0.39 is 0 Å². The molecule has 5 nitrogen and oxygen atoms in total. The second-order valence-corrected chi connectivity index (χ2v) is 6.64. The van der Waals surface area contributed by atoms with E-state index in [0.29, 0.717) is 17.3 Å². The summed E-state index contributed by atoms with van der Waals surface area (Å²) in [7, 11) is 0. The van der Waals surface area contributed by atoms with Crippen LogP contribution in [-0.4, -0.2) is 37.0 Å². The third-order valence-electron chi connectivity index (χ3n) is 4.36. The normalized spacial score (nSPS) is 15.3. The number of amides is 1. The quantitative estimate of drug-likeness (QED) is 0.765. The average Bonchev–Trinajstić information content (AvgIpc) is 3.27. The van der Waals surface area contributed by atoms with Crippen LogP contribution in [0.1, 0.15) is 30.4 Å². The van der Waals surface area contributed by atoms with Crippen LogP contribution in [0.3, 0.4) is 0 Å². The largest absolute Gasteiger partial charge is 0.482 e. The fraction of sp³-hybridized carbons (Fsp3) is 0.421. The van der Waals surface area contributed by atoms with Crippen molar-refractivity contribution in [3.05, 3.63) is 52.9 Å². The summed E-state index contributed by atoms with van der Waals surface area (Å²) in [5.41, 5.74) is 0. The Kier molecular flexibility index (Phi) is 7.82. The lowest BCUT2D eigenvalue weighted by Gasteiger charge is -2.26. The number of aryl methyl sites for hydroxylation is 1. The highest BCUT2D eigenvalue weighted by molar-refractivity contribution is 6.32. The summed E-state index contributed by atoms with van der Waals surface area (Å²) >= 11 is 6.03. The molecular formula is C19H24Cl2N2O3. The van der Waals surface area contributed by atoms with Gasteiger partial charge in [-0.15, -0.1) is 12.4 Å². The molecule has 0 saturated carbocycles. The number of para-hydroxylation sites is 1. The lowest BCUT2D eigenvalue weighted by atomic mass is 10.2. The van der Waals surface area contributed by atoms with Crippen molar-refractivity contribution < 1.29 is 13.9 Å². The summed E-state index contributed by atoms with van der Waals surface area (Å²) in [6.07, 6.45) is 2.36. The summed E-state index contributed by atoms with van der Waals surface area (Å²) in [6, 6.07) is 11.1. The number of rotatable bonds is 7. The second-order valence-electron chi connectivity index (χ2n) is 6.23. The standard InChI is InChI=1S/C19H23ClN2O3.ClH/c1-14-8-9-18(25-14)16(22-10-4-5-11-22)12-21-19(23)13-24-17-7-3-2-6-15(17)20;/h2-3,6-9,16H,4-5,10-13H2,1H3,(H,21,23);1H. The van der Waals surface area contributed by atoms with E-state index in [2.05, 4.69) is 10.2 Å². The summed E-state index contributed by atoms with van der Waals surface area (Å²) in [5.74, 6) is 2.11. The third-order valence-corrected chi connectivity index (χ3v) is 4.67. The highest BCUT2D eigenvalue weighted by atomic mass is 35.5. The Morgan fingerprint density at radius 2 is 2.00 bits per heavy atom. The van der Waals surface area contributed by atoms with Gasteiger partial charge in [0, 0.05) is 6.54 Å². The van der Waals surface area contributed by atoms with Crippen LogP contribution in [0.4, 0.5) is 0 Å². The van der Waals surface area contributed by atoms with Crippen LogP contribution in [0, 0.1) is 6.92 Å². The van der Waals surface area contributed by atoms with Gasteiger partial charge < -0.3 is 14.5 Å². The summed E-state index contributed by atoms with van der Waals surface area (Å²) in [4.78, 5) is 14.5. The first kappa shape index (κ1) is 20.6. The first-order chi connectivity index (χ1) is 12.1. The average molecular weight is 399 g/mol. The van der Waals surface area contributed by atoms with Gasteiger partial charge in [-0.2, -0.15) is 0 Å². The van der Waals surface area contributed by atoms with Crippen LogP contribution in [0.5, 0.6) is 5.75 Å². The SMILES string of the molecule is Cc1ccc(C(CNC(=O)COc2ccccc2Cl)N2CCCC2)o1.Cl. The minimum Gasteiger partial charge on any atom is -0.482 e. The molecule has 142 valence electrons.